The molecule has 2 aromatic heterocycles. The Balaban J connectivity index is 1.65. The maximum Gasteiger partial charge on any atom is 0.328 e. The molecule has 3 N–H and O–H groups in total. The largest absolute Gasteiger partial charge is 0.360 e. The molecule has 0 aliphatic heterocycles. The number of amides is 3. The van der Waals surface area contributed by atoms with Crippen LogP contribution < -0.4 is 16.2 Å². The van der Waals surface area contributed by atoms with Gasteiger partial charge < -0.3 is 9.09 Å². The fraction of sp³-hybridized carbons (Fsp3) is 0.158. The number of nitrogens with zero attached hydrogens (tertiary/aromatic N) is 2. The van der Waals surface area contributed by atoms with Crippen molar-refractivity contribution in [2.45, 2.75) is 20.8 Å². The molecule has 0 saturated carbocycles. The number of aryl methyl sites for hydroxylation is 2. The van der Waals surface area contributed by atoms with Crippen LogP contribution in [0.2, 0.25) is 0 Å². The molecule has 0 unspecified atom stereocenters. The summed E-state index contributed by atoms with van der Waals surface area (Å²) in [4.78, 5) is 36.1. The van der Waals surface area contributed by atoms with Gasteiger partial charge in [-0.2, -0.15) is 0 Å². The zero-order valence-corrected chi connectivity index (χ0v) is 15.6. The fourth-order valence-electron chi connectivity index (χ4n) is 2.80. The van der Waals surface area contributed by atoms with Gasteiger partial charge in [0.2, 0.25) is 0 Å². The molecule has 3 aromatic rings. The molecule has 1 aromatic carbocycles. The highest BCUT2D eigenvalue weighted by Crippen LogP contribution is 2.20. The Labute approximate surface area is 160 Å². The minimum atomic E-state index is -1.04. The molecular weight excluding hydrogens is 362 g/mol. The molecule has 3 amide bonds. The summed E-state index contributed by atoms with van der Waals surface area (Å²) in [5.41, 5.74) is 7.20. The maximum absolute atomic E-state index is 12.5. The molecule has 0 aliphatic carbocycles. The number of aromatic nitrogens is 2. The number of benzene rings is 1. The standard InChI is InChI=1S/C19H19N5O4/c1-11-9-15(13(3)24(11)14-7-5-4-6-8-14)17(25)21-22-19(27)18(26)20-16-10-12(2)28-23-16/h4-10H,1-3H3,(H,21,25)(H,22,27)(H,20,23,26). The van der Waals surface area contributed by atoms with E-state index in [9.17, 15) is 14.4 Å². The van der Waals surface area contributed by atoms with Crippen LogP contribution in [-0.2, 0) is 9.59 Å². The lowest BCUT2D eigenvalue weighted by atomic mass is 10.2. The average Bonchev–Trinajstić information content (AvgIpc) is 3.22. The maximum atomic E-state index is 12.5. The summed E-state index contributed by atoms with van der Waals surface area (Å²) in [6.45, 7) is 5.33. The van der Waals surface area contributed by atoms with Gasteiger partial charge in [-0.15, -0.1) is 0 Å². The minimum absolute atomic E-state index is 0.107. The molecule has 9 nitrogen and oxygen atoms in total. The zero-order chi connectivity index (χ0) is 20.3. The van der Waals surface area contributed by atoms with Gasteiger partial charge in [0.1, 0.15) is 5.76 Å². The number of carbonyl (C=O) groups excluding carboxylic acids is 3. The van der Waals surface area contributed by atoms with E-state index >= 15 is 0 Å². The van der Waals surface area contributed by atoms with Crippen molar-refractivity contribution in [2.75, 3.05) is 5.32 Å². The van der Waals surface area contributed by atoms with Crippen molar-refractivity contribution in [3.05, 3.63) is 65.2 Å². The van der Waals surface area contributed by atoms with Gasteiger partial charge in [-0.05, 0) is 39.0 Å². The SMILES string of the molecule is Cc1cc(NC(=O)C(=O)NNC(=O)c2cc(C)n(-c3ccccc3)c2C)no1. The highest BCUT2D eigenvalue weighted by Gasteiger charge is 2.20. The number of para-hydroxylation sites is 1. The van der Waals surface area contributed by atoms with Crippen molar-refractivity contribution in [1.82, 2.24) is 20.6 Å². The average molecular weight is 381 g/mol. The van der Waals surface area contributed by atoms with E-state index in [1.165, 1.54) is 6.07 Å². The van der Waals surface area contributed by atoms with E-state index in [0.29, 0.717) is 17.0 Å². The second kappa shape index (κ2) is 7.78. The van der Waals surface area contributed by atoms with Crippen LogP contribution in [0.4, 0.5) is 5.82 Å². The van der Waals surface area contributed by atoms with Gasteiger partial charge >= 0.3 is 11.8 Å². The number of rotatable bonds is 3. The molecule has 0 saturated heterocycles. The van der Waals surface area contributed by atoms with Crippen LogP contribution in [0.25, 0.3) is 5.69 Å². The lowest BCUT2D eigenvalue weighted by Gasteiger charge is -2.10. The molecule has 0 spiro atoms. The van der Waals surface area contributed by atoms with E-state index < -0.39 is 17.7 Å². The van der Waals surface area contributed by atoms with Crippen LogP contribution in [0.1, 0.15) is 27.5 Å². The Kier molecular flexibility index (Phi) is 5.25. The second-order valence-electron chi connectivity index (χ2n) is 6.14. The number of anilines is 1. The summed E-state index contributed by atoms with van der Waals surface area (Å²) < 4.78 is 6.72. The third-order valence-electron chi connectivity index (χ3n) is 4.06. The molecule has 28 heavy (non-hydrogen) atoms. The van der Waals surface area contributed by atoms with Gasteiger partial charge in [0.05, 0.1) is 5.56 Å². The first-order valence-corrected chi connectivity index (χ1v) is 8.46. The van der Waals surface area contributed by atoms with Crippen LogP contribution in [0.3, 0.4) is 0 Å². The molecule has 0 bridgehead atoms. The van der Waals surface area contributed by atoms with Crippen LogP contribution in [0.5, 0.6) is 0 Å². The normalized spacial score (nSPS) is 10.4. The summed E-state index contributed by atoms with van der Waals surface area (Å²) in [6.07, 6.45) is 0. The lowest BCUT2D eigenvalue weighted by molar-refractivity contribution is -0.136. The van der Waals surface area contributed by atoms with Crippen LogP contribution in [0, 0.1) is 20.8 Å². The van der Waals surface area contributed by atoms with E-state index in [-0.39, 0.29) is 5.82 Å². The Bertz CT molecular complexity index is 1040. The van der Waals surface area contributed by atoms with Crippen molar-refractivity contribution in [1.29, 1.82) is 0 Å². The quantitative estimate of drug-likeness (QED) is 0.472. The van der Waals surface area contributed by atoms with Crippen LogP contribution in [0.15, 0.2) is 47.0 Å². The second-order valence-corrected chi connectivity index (χ2v) is 6.14. The van der Waals surface area contributed by atoms with Crippen molar-refractivity contribution in [3.63, 3.8) is 0 Å². The van der Waals surface area contributed by atoms with E-state index in [0.717, 1.165) is 11.4 Å². The van der Waals surface area contributed by atoms with Gasteiger partial charge in [-0.25, -0.2) is 0 Å². The predicted molar refractivity (Wildman–Crippen MR) is 101 cm³/mol. The molecule has 0 radical (unpaired) electrons. The van der Waals surface area contributed by atoms with Gasteiger partial charge in [0.25, 0.3) is 5.91 Å². The molecule has 0 aliphatic rings. The van der Waals surface area contributed by atoms with Gasteiger partial charge in [-0.1, -0.05) is 23.4 Å². The van der Waals surface area contributed by atoms with Crippen LogP contribution >= 0.6 is 0 Å². The topological polar surface area (TPSA) is 118 Å². The molecule has 3 rings (SSSR count). The number of hydrogen-bond acceptors (Lipinski definition) is 5. The fourth-order valence-corrected chi connectivity index (χ4v) is 2.80. The number of hydrogen-bond donors (Lipinski definition) is 3. The first kappa shape index (κ1) is 18.9. The smallest absolute Gasteiger partial charge is 0.328 e. The highest BCUT2D eigenvalue weighted by molar-refractivity contribution is 6.39. The Morgan fingerprint density at radius 3 is 2.32 bits per heavy atom. The summed E-state index contributed by atoms with van der Waals surface area (Å²) in [7, 11) is 0. The Hall–Kier alpha value is -3.88. The number of nitrogens with one attached hydrogen (secondary N) is 3. The summed E-state index contributed by atoms with van der Waals surface area (Å²) >= 11 is 0. The number of hydrazine groups is 1. The van der Waals surface area contributed by atoms with Gasteiger partial charge in [-0.3, -0.25) is 30.6 Å². The Morgan fingerprint density at radius 2 is 1.68 bits per heavy atom. The molecule has 144 valence electrons. The summed E-state index contributed by atoms with van der Waals surface area (Å²) in [5.74, 6) is -1.96. The summed E-state index contributed by atoms with van der Waals surface area (Å²) in [5, 5.41) is 5.82. The van der Waals surface area contributed by atoms with E-state index in [4.69, 9.17) is 4.52 Å². The van der Waals surface area contributed by atoms with Crippen molar-refractivity contribution in [3.8, 4) is 5.69 Å². The molecular formula is C19H19N5O4. The third kappa shape index (κ3) is 3.93. The van der Waals surface area contributed by atoms with E-state index in [2.05, 4.69) is 21.3 Å². The minimum Gasteiger partial charge on any atom is -0.360 e. The van der Waals surface area contributed by atoms with E-state index in [1.54, 1.807) is 19.9 Å². The van der Waals surface area contributed by atoms with Gasteiger partial charge in [0.15, 0.2) is 5.82 Å². The van der Waals surface area contributed by atoms with Crippen molar-refractivity contribution in [2.24, 2.45) is 0 Å². The van der Waals surface area contributed by atoms with Crippen LogP contribution in [-0.4, -0.2) is 27.4 Å². The highest BCUT2D eigenvalue weighted by atomic mass is 16.5. The lowest BCUT2D eigenvalue weighted by Crippen LogP contribution is -2.46. The molecule has 0 atom stereocenters. The summed E-state index contributed by atoms with van der Waals surface area (Å²) in [6, 6.07) is 12.8. The predicted octanol–water partition coefficient (Wildman–Crippen LogP) is 1.79. The van der Waals surface area contributed by atoms with Crippen molar-refractivity contribution >= 4 is 23.5 Å². The molecule has 2 heterocycles. The van der Waals surface area contributed by atoms with Gasteiger partial charge in [0, 0.05) is 23.1 Å². The van der Waals surface area contributed by atoms with E-state index in [1.807, 2.05) is 41.8 Å². The first-order chi connectivity index (χ1) is 13.4. The number of carbonyl (C=O) groups is 3. The Morgan fingerprint density at radius 1 is 0.964 bits per heavy atom. The first-order valence-electron chi connectivity index (χ1n) is 8.46. The zero-order valence-electron chi connectivity index (χ0n) is 15.6. The third-order valence-corrected chi connectivity index (χ3v) is 4.06. The molecule has 9 heteroatoms. The monoisotopic (exact) mass is 381 g/mol. The van der Waals surface area contributed by atoms with Crippen molar-refractivity contribution < 1.29 is 18.9 Å². The molecule has 0 fully saturated rings.